The van der Waals surface area contributed by atoms with E-state index in [0.29, 0.717) is 0 Å². The van der Waals surface area contributed by atoms with Crippen LogP contribution in [-0.4, -0.2) is 22.6 Å². The van der Waals surface area contributed by atoms with Gasteiger partial charge in [0.25, 0.3) is 15.7 Å². The van der Waals surface area contributed by atoms with Gasteiger partial charge in [0.1, 0.15) is 22.2 Å². The predicted molar refractivity (Wildman–Crippen MR) is 87.6 cm³/mol. The van der Waals surface area contributed by atoms with Crippen molar-refractivity contribution >= 4 is 27.2 Å². The molecule has 0 aliphatic heterocycles. The maximum Gasteiger partial charge on any atom is 0.296 e. The number of hydrogen-bond donors (Lipinski definition) is 3. The zero-order chi connectivity index (χ0) is 18.9. The zero-order valence-electron chi connectivity index (χ0n) is 13.1. The molecule has 0 unspecified atom stereocenters. The Kier molecular flexibility index (Phi) is 4.60. The number of rotatable bonds is 3. The third-order valence-corrected chi connectivity index (χ3v) is 4.31. The number of anilines is 1. The molecule has 0 aliphatic carbocycles. The van der Waals surface area contributed by atoms with E-state index in [1.54, 1.807) is 6.07 Å². The van der Waals surface area contributed by atoms with Crippen LogP contribution in [0.1, 0.15) is 11.1 Å². The number of pyridine rings is 1. The van der Waals surface area contributed by atoms with Crippen LogP contribution in [0.2, 0.25) is 0 Å². The van der Waals surface area contributed by atoms with Gasteiger partial charge in [-0.25, -0.2) is 0 Å². The van der Waals surface area contributed by atoms with Crippen LogP contribution >= 0.6 is 0 Å². The average Bonchev–Trinajstić information content (AvgIpc) is 2.52. The van der Waals surface area contributed by atoms with Gasteiger partial charge in [0.2, 0.25) is 5.88 Å². The number of nitriles is 1. The monoisotopic (exact) mass is 363 g/mol. The van der Waals surface area contributed by atoms with Gasteiger partial charge >= 0.3 is 0 Å². The Hall–Kier alpha value is -3.23. The fourth-order valence-electron chi connectivity index (χ4n) is 2.06. The van der Waals surface area contributed by atoms with Crippen LogP contribution in [-0.2, 0) is 17.2 Å². The van der Waals surface area contributed by atoms with Crippen molar-refractivity contribution in [3.05, 3.63) is 39.7 Å². The fourth-order valence-corrected chi connectivity index (χ4v) is 2.66. The van der Waals surface area contributed by atoms with Crippen molar-refractivity contribution in [1.82, 2.24) is 4.57 Å². The maximum atomic E-state index is 11.9. The van der Waals surface area contributed by atoms with Crippen molar-refractivity contribution in [3.63, 3.8) is 0 Å². The molecule has 25 heavy (non-hydrogen) atoms. The number of nitrogen functional groups attached to an aromatic ring is 1. The van der Waals surface area contributed by atoms with Gasteiger partial charge in [-0.2, -0.15) is 13.7 Å². The molecule has 2 rings (SSSR count). The van der Waals surface area contributed by atoms with Crippen molar-refractivity contribution in [2.24, 2.45) is 17.3 Å². The lowest BCUT2D eigenvalue weighted by molar-refractivity contribution is 0.424. The zero-order valence-corrected chi connectivity index (χ0v) is 13.9. The number of nitrogens with zero attached hydrogens (tertiary/aromatic N) is 4. The van der Waals surface area contributed by atoms with Crippen molar-refractivity contribution in [1.29, 1.82) is 5.26 Å². The summed E-state index contributed by atoms with van der Waals surface area (Å²) in [6, 6.07) is 5.18. The second-order valence-electron chi connectivity index (χ2n) is 5.05. The minimum absolute atomic E-state index is 0.0733. The van der Waals surface area contributed by atoms with E-state index in [1.165, 1.54) is 20.0 Å². The van der Waals surface area contributed by atoms with Gasteiger partial charge in [0.15, 0.2) is 5.69 Å². The molecular weight excluding hydrogens is 350 g/mol. The lowest BCUT2D eigenvalue weighted by Crippen LogP contribution is -2.20. The Labute approximate surface area is 142 Å². The largest absolute Gasteiger partial charge is 0.493 e. The summed E-state index contributed by atoms with van der Waals surface area (Å²) in [6.45, 7) is 1.39. The number of benzene rings is 1. The molecule has 1 heterocycles. The molecule has 0 atom stereocenters. The SMILES string of the molecule is Cc1c(N=Nc2cc(N)ccc2S(=O)(=O)O)c(O)n(C)c(=O)c1C#N. The summed E-state index contributed by atoms with van der Waals surface area (Å²) < 4.78 is 32.8. The predicted octanol–water partition coefficient (Wildman–Crippen LogP) is 1.52. The van der Waals surface area contributed by atoms with Crippen LogP contribution in [0.5, 0.6) is 5.88 Å². The molecule has 0 saturated heterocycles. The first-order valence-corrected chi connectivity index (χ1v) is 8.13. The second-order valence-corrected chi connectivity index (χ2v) is 6.44. The molecule has 0 spiro atoms. The molecule has 0 fully saturated rings. The van der Waals surface area contributed by atoms with Crippen LogP contribution in [0.15, 0.2) is 38.1 Å². The third kappa shape index (κ3) is 3.35. The highest BCUT2D eigenvalue weighted by Crippen LogP contribution is 2.33. The summed E-state index contributed by atoms with van der Waals surface area (Å²) >= 11 is 0. The molecule has 0 radical (unpaired) electrons. The van der Waals surface area contributed by atoms with Crippen molar-refractivity contribution < 1.29 is 18.1 Å². The van der Waals surface area contributed by atoms with E-state index in [0.717, 1.165) is 16.7 Å². The van der Waals surface area contributed by atoms with Gasteiger partial charge in [-0.05, 0) is 25.1 Å². The van der Waals surface area contributed by atoms with E-state index in [4.69, 9.17) is 11.0 Å². The molecule has 10 nitrogen and oxygen atoms in total. The number of aromatic nitrogens is 1. The van der Waals surface area contributed by atoms with Gasteiger partial charge < -0.3 is 10.8 Å². The topological polar surface area (TPSA) is 171 Å². The number of aromatic hydroxyl groups is 1. The average molecular weight is 363 g/mol. The van der Waals surface area contributed by atoms with Crippen LogP contribution in [0, 0.1) is 18.3 Å². The molecule has 0 saturated carbocycles. The minimum atomic E-state index is -4.58. The quantitative estimate of drug-likeness (QED) is 0.421. The van der Waals surface area contributed by atoms with Crippen molar-refractivity contribution in [2.75, 3.05) is 5.73 Å². The summed E-state index contributed by atoms with van der Waals surface area (Å²) in [7, 11) is -3.34. The summed E-state index contributed by atoms with van der Waals surface area (Å²) in [5.41, 5.74) is 4.40. The van der Waals surface area contributed by atoms with Crippen LogP contribution in [0.3, 0.4) is 0 Å². The van der Waals surface area contributed by atoms with E-state index < -0.39 is 26.5 Å². The first kappa shape index (κ1) is 18.1. The van der Waals surface area contributed by atoms with E-state index in [1.807, 2.05) is 0 Å². The van der Waals surface area contributed by atoms with E-state index >= 15 is 0 Å². The Bertz CT molecular complexity index is 1100. The van der Waals surface area contributed by atoms with Crippen molar-refractivity contribution in [2.45, 2.75) is 11.8 Å². The lowest BCUT2D eigenvalue weighted by Gasteiger charge is -2.09. The van der Waals surface area contributed by atoms with Gasteiger partial charge in [0.05, 0.1) is 0 Å². The molecule has 1 aromatic carbocycles. The molecular formula is C14H13N5O5S. The molecule has 2 aromatic rings. The fraction of sp³-hybridized carbons (Fsp3) is 0.143. The molecule has 4 N–H and O–H groups in total. The van der Waals surface area contributed by atoms with Gasteiger partial charge in [-0.1, -0.05) is 0 Å². The first-order chi connectivity index (χ1) is 11.6. The minimum Gasteiger partial charge on any atom is -0.493 e. The summed E-state index contributed by atoms with van der Waals surface area (Å²) in [4.78, 5) is 11.3. The Balaban J connectivity index is 2.71. The highest BCUT2D eigenvalue weighted by atomic mass is 32.2. The van der Waals surface area contributed by atoms with Crippen LogP contribution in [0.25, 0.3) is 0 Å². The molecule has 0 aliphatic rings. The Morgan fingerprint density at radius 3 is 2.52 bits per heavy atom. The van der Waals surface area contributed by atoms with Crippen molar-refractivity contribution in [3.8, 4) is 11.9 Å². The molecule has 0 bridgehead atoms. The van der Waals surface area contributed by atoms with Gasteiger partial charge in [-0.15, -0.1) is 10.2 Å². The number of nitrogens with two attached hydrogens (primary N) is 1. The van der Waals surface area contributed by atoms with E-state index in [9.17, 15) is 22.9 Å². The summed E-state index contributed by atoms with van der Waals surface area (Å²) in [5, 5.41) is 26.5. The van der Waals surface area contributed by atoms with Crippen LogP contribution < -0.4 is 11.3 Å². The highest BCUT2D eigenvalue weighted by molar-refractivity contribution is 7.86. The van der Waals surface area contributed by atoms with Crippen LogP contribution in [0.4, 0.5) is 17.1 Å². The van der Waals surface area contributed by atoms with Gasteiger partial charge in [-0.3, -0.25) is 13.9 Å². The Morgan fingerprint density at radius 1 is 1.32 bits per heavy atom. The first-order valence-electron chi connectivity index (χ1n) is 6.69. The Morgan fingerprint density at radius 2 is 1.96 bits per heavy atom. The number of azo groups is 1. The smallest absolute Gasteiger partial charge is 0.296 e. The molecule has 0 amide bonds. The molecule has 1 aromatic heterocycles. The number of hydrogen-bond acceptors (Lipinski definition) is 8. The van der Waals surface area contributed by atoms with E-state index in [2.05, 4.69) is 10.2 Å². The molecule has 130 valence electrons. The highest BCUT2D eigenvalue weighted by Gasteiger charge is 2.19. The standard InChI is InChI=1S/C14H13N5O5S/c1-7-9(6-15)13(20)19(2)14(21)12(7)18-17-10-5-8(16)3-4-11(10)25(22,23)24/h3-5,21H,16H2,1-2H3,(H,22,23,24). The summed E-state index contributed by atoms with van der Waals surface area (Å²) in [6.07, 6.45) is 0. The lowest BCUT2D eigenvalue weighted by atomic mass is 10.1. The summed E-state index contributed by atoms with van der Waals surface area (Å²) in [5.74, 6) is -0.553. The van der Waals surface area contributed by atoms with Gasteiger partial charge in [0, 0.05) is 18.3 Å². The normalized spacial score (nSPS) is 11.6. The van der Waals surface area contributed by atoms with E-state index in [-0.39, 0.29) is 28.2 Å². The molecule has 11 heteroatoms. The maximum absolute atomic E-state index is 11.9. The second kappa shape index (κ2) is 6.34. The third-order valence-electron chi connectivity index (χ3n) is 3.41.